The minimum Gasteiger partial charge on any atom is -0.490 e. The van der Waals surface area contributed by atoms with Gasteiger partial charge in [-0.05, 0) is 48.3 Å². The highest BCUT2D eigenvalue weighted by atomic mass is 79.9. The molecular formula is C15H15BrFNO3. The number of ether oxygens (including phenoxy) is 2. The zero-order valence-corrected chi connectivity index (χ0v) is 13.7. The van der Waals surface area contributed by atoms with Crippen LogP contribution in [-0.4, -0.2) is 24.2 Å². The Labute approximate surface area is 130 Å². The van der Waals surface area contributed by atoms with Crippen LogP contribution in [0.3, 0.4) is 0 Å². The number of halogens is 2. The van der Waals surface area contributed by atoms with Crippen molar-refractivity contribution in [2.45, 2.75) is 26.9 Å². The number of carbonyl (C=O) groups excluding carboxylic acids is 1. The van der Waals surface area contributed by atoms with Crippen LogP contribution in [0.15, 0.2) is 16.6 Å². The number of nitrogens with zero attached hydrogens (tertiary/aromatic N) is 1. The second kappa shape index (κ2) is 5.97. The standard InChI is InChI=1S/C15H15BrFNO3/c1-7(2)21-11-6-10(15(19)20-4)18-14-8(3)5-9(17)13(16)12(11)14/h5-7H,1-4H3. The molecule has 0 fully saturated rings. The maximum atomic E-state index is 13.9. The molecular weight excluding hydrogens is 341 g/mol. The van der Waals surface area contributed by atoms with Crippen molar-refractivity contribution in [1.29, 1.82) is 0 Å². The van der Waals surface area contributed by atoms with E-state index in [1.54, 1.807) is 6.92 Å². The summed E-state index contributed by atoms with van der Waals surface area (Å²) in [5, 5.41) is 0.508. The van der Waals surface area contributed by atoms with Crippen molar-refractivity contribution in [2.75, 3.05) is 7.11 Å². The lowest BCUT2D eigenvalue weighted by Crippen LogP contribution is -2.10. The maximum Gasteiger partial charge on any atom is 0.356 e. The van der Waals surface area contributed by atoms with Gasteiger partial charge in [0.1, 0.15) is 11.6 Å². The summed E-state index contributed by atoms with van der Waals surface area (Å²) < 4.78 is 24.6. The summed E-state index contributed by atoms with van der Waals surface area (Å²) in [6.07, 6.45) is -0.128. The molecule has 6 heteroatoms. The number of fused-ring (bicyclic) bond motifs is 1. The van der Waals surface area contributed by atoms with Crippen LogP contribution in [0.1, 0.15) is 29.9 Å². The fourth-order valence-corrected chi connectivity index (χ4v) is 2.51. The number of aromatic nitrogens is 1. The first kappa shape index (κ1) is 15.7. The quantitative estimate of drug-likeness (QED) is 0.780. The number of rotatable bonds is 3. The smallest absolute Gasteiger partial charge is 0.356 e. The van der Waals surface area contributed by atoms with Crippen LogP contribution in [0, 0.1) is 12.7 Å². The van der Waals surface area contributed by atoms with E-state index in [1.165, 1.54) is 19.2 Å². The Balaban J connectivity index is 2.84. The second-order valence-corrected chi connectivity index (χ2v) is 5.67. The van der Waals surface area contributed by atoms with E-state index in [-0.39, 0.29) is 16.3 Å². The van der Waals surface area contributed by atoms with Gasteiger partial charge in [-0.2, -0.15) is 0 Å². The number of carbonyl (C=O) groups is 1. The lowest BCUT2D eigenvalue weighted by atomic mass is 10.1. The van der Waals surface area contributed by atoms with Crippen LogP contribution in [-0.2, 0) is 4.74 Å². The Morgan fingerprint density at radius 2 is 2.05 bits per heavy atom. The van der Waals surface area contributed by atoms with Crippen molar-refractivity contribution in [3.8, 4) is 5.75 Å². The highest BCUT2D eigenvalue weighted by Crippen LogP contribution is 2.36. The third kappa shape index (κ3) is 3.00. The monoisotopic (exact) mass is 355 g/mol. The van der Waals surface area contributed by atoms with E-state index in [0.29, 0.717) is 22.2 Å². The van der Waals surface area contributed by atoms with Gasteiger partial charge in [-0.1, -0.05) is 0 Å². The molecule has 0 unspecified atom stereocenters. The molecule has 4 nitrogen and oxygen atoms in total. The summed E-state index contributed by atoms with van der Waals surface area (Å²) in [6, 6.07) is 2.83. The van der Waals surface area contributed by atoms with Gasteiger partial charge < -0.3 is 9.47 Å². The third-order valence-corrected chi connectivity index (χ3v) is 3.66. The van der Waals surface area contributed by atoms with E-state index < -0.39 is 11.8 Å². The van der Waals surface area contributed by atoms with Gasteiger partial charge in [0, 0.05) is 6.07 Å². The summed E-state index contributed by atoms with van der Waals surface area (Å²) in [5.74, 6) is -0.573. The Morgan fingerprint density at radius 1 is 1.38 bits per heavy atom. The largest absolute Gasteiger partial charge is 0.490 e. The number of hydrogen-bond acceptors (Lipinski definition) is 4. The number of benzene rings is 1. The minimum absolute atomic E-state index is 0.127. The molecule has 21 heavy (non-hydrogen) atoms. The molecule has 1 aromatic heterocycles. The molecule has 0 amide bonds. The van der Waals surface area contributed by atoms with Gasteiger partial charge in [0.05, 0.1) is 28.6 Å². The van der Waals surface area contributed by atoms with Crippen molar-refractivity contribution >= 4 is 32.8 Å². The fourth-order valence-electron chi connectivity index (χ4n) is 2.02. The highest BCUT2D eigenvalue weighted by molar-refractivity contribution is 9.10. The van der Waals surface area contributed by atoms with E-state index in [4.69, 9.17) is 9.47 Å². The molecule has 0 aliphatic rings. The average Bonchev–Trinajstić information content (AvgIpc) is 2.42. The van der Waals surface area contributed by atoms with Gasteiger partial charge in [-0.25, -0.2) is 14.2 Å². The van der Waals surface area contributed by atoms with Gasteiger partial charge >= 0.3 is 5.97 Å². The van der Waals surface area contributed by atoms with E-state index in [9.17, 15) is 9.18 Å². The highest BCUT2D eigenvalue weighted by Gasteiger charge is 2.19. The fraction of sp³-hybridized carbons (Fsp3) is 0.333. The molecule has 0 radical (unpaired) electrons. The molecule has 2 aromatic rings. The predicted molar refractivity (Wildman–Crippen MR) is 81.2 cm³/mol. The number of aryl methyl sites for hydroxylation is 1. The van der Waals surface area contributed by atoms with Crippen molar-refractivity contribution < 1.29 is 18.7 Å². The van der Waals surface area contributed by atoms with Crippen molar-refractivity contribution in [3.05, 3.63) is 33.7 Å². The Morgan fingerprint density at radius 3 is 2.62 bits per heavy atom. The molecule has 0 aliphatic carbocycles. The Hall–Kier alpha value is -1.69. The molecule has 112 valence electrons. The van der Waals surface area contributed by atoms with Crippen molar-refractivity contribution in [1.82, 2.24) is 4.98 Å². The van der Waals surface area contributed by atoms with E-state index in [0.717, 1.165) is 0 Å². The molecule has 0 atom stereocenters. The molecule has 0 spiro atoms. The summed E-state index contributed by atoms with van der Waals surface area (Å²) in [4.78, 5) is 16.0. The van der Waals surface area contributed by atoms with Crippen molar-refractivity contribution in [2.24, 2.45) is 0 Å². The number of esters is 1. The molecule has 0 saturated carbocycles. The van der Waals surface area contributed by atoms with Gasteiger partial charge in [-0.15, -0.1) is 0 Å². The number of hydrogen-bond donors (Lipinski definition) is 0. The molecule has 0 aliphatic heterocycles. The van der Waals surface area contributed by atoms with Gasteiger partial charge in [0.15, 0.2) is 5.69 Å². The Bertz CT molecular complexity index is 716. The van der Waals surface area contributed by atoms with E-state index >= 15 is 0 Å². The molecule has 1 heterocycles. The lowest BCUT2D eigenvalue weighted by Gasteiger charge is -2.15. The zero-order chi connectivity index (χ0) is 15.7. The first-order valence-electron chi connectivity index (χ1n) is 6.39. The number of methoxy groups -OCH3 is 1. The molecule has 0 bridgehead atoms. The topological polar surface area (TPSA) is 48.4 Å². The molecule has 2 rings (SSSR count). The minimum atomic E-state index is -0.564. The molecule has 0 N–H and O–H groups in total. The summed E-state index contributed by atoms with van der Waals surface area (Å²) in [7, 11) is 1.28. The average molecular weight is 356 g/mol. The SMILES string of the molecule is COC(=O)c1cc(OC(C)C)c2c(Br)c(F)cc(C)c2n1. The van der Waals surface area contributed by atoms with Gasteiger partial charge in [0.25, 0.3) is 0 Å². The van der Waals surface area contributed by atoms with Crippen LogP contribution in [0.25, 0.3) is 10.9 Å². The van der Waals surface area contributed by atoms with E-state index in [2.05, 4.69) is 20.9 Å². The van der Waals surface area contributed by atoms with Crippen LogP contribution in [0.4, 0.5) is 4.39 Å². The predicted octanol–water partition coefficient (Wildman–Crippen LogP) is 4.02. The number of pyridine rings is 1. The molecule has 0 saturated heterocycles. The summed E-state index contributed by atoms with van der Waals surface area (Å²) in [6.45, 7) is 5.43. The van der Waals surface area contributed by atoms with Crippen LogP contribution in [0.2, 0.25) is 0 Å². The summed E-state index contributed by atoms with van der Waals surface area (Å²) in [5.41, 5.74) is 1.24. The van der Waals surface area contributed by atoms with E-state index in [1.807, 2.05) is 13.8 Å². The maximum absolute atomic E-state index is 13.9. The zero-order valence-electron chi connectivity index (χ0n) is 12.2. The van der Waals surface area contributed by atoms with Crippen LogP contribution < -0.4 is 4.74 Å². The summed E-state index contributed by atoms with van der Waals surface area (Å²) >= 11 is 3.22. The van der Waals surface area contributed by atoms with Gasteiger partial charge in [0.2, 0.25) is 0 Å². The van der Waals surface area contributed by atoms with Crippen molar-refractivity contribution in [3.63, 3.8) is 0 Å². The lowest BCUT2D eigenvalue weighted by molar-refractivity contribution is 0.0593. The second-order valence-electron chi connectivity index (χ2n) is 4.88. The normalized spacial score (nSPS) is 11.0. The first-order chi connectivity index (χ1) is 9.85. The van der Waals surface area contributed by atoms with Crippen LogP contribution in [0.5, 0.6) is 5.75 Å². The third-order valence-electron chi connectivity index (χ3n) is 2.89. The van der Waals surface area contributed by atoms with Gasteiger partial charge in [-0.3, -0.25) is 0 Å². The van der Waals surface area contributed by atoms with Crippen LogP contribution >= 0.6 is 15.9 Å². The Kier molecular flexibility index (Phi) is 4.46. The molecule has 1 aromatic carbocycles. The first-order valence-corrected chi connectivity index (χ1v) is 7.18.